The lowest BCUT2D eigenvalue weighted by Gasteiger charge is -2.11. The van der Waals surface area contributed by atoms with E-state index in [2.05, 4.69) is 15.9 Å². The zero-order valence-corrected chi connectivity index (χ0v) is 12.5. The lowest BCUT2D eigenvalue weighted by atomic mass is 10.0. The topological polar surface area (TPSA) is 78.7 Å². The van der Waals surface area contributed by atoms with E-state index in [-0.39, 0.29) is 29.7 Å². The van der Waals surface area contributed by atoms with Gasteiger partial charge in [0.1, 0.15) is 6.61 Å². The van der Waals surface area contributed by atoms with Crippen molar-refractivity contribution < 1.29 is 19.2 Å². The number of benzene rings is 1. The number of nitro benzene ring substituents is 1. The number of nitrogens with zero attached hydrogens (tertiary/aromatic N) is 1. The lowest BCUT2D eigenvalue weighted by molar-refractivity contribution is -0.385. The number of hydrogen-bond acceptors (Lipinski definition) is 5. The molecule has 1 heterocycles. The van der Waals surface area contributed by atoms with Crippen molar-refractivity contribution in [3.05, 3.63) is 32.3 Å². The van der Waals surface area contributed by atoms with Crippen LogP contribution in [0.15, 0.2) is 16.6 Å². The summed E-state index contributed by atoms with van der Waals surface area (Å²) in [5.74, 6) is -0.102. The molecule has 0 saturated carbocycles. The first-order chi connectivity index (χ1) is 9.49. The Morgan fingerprint density at radius 1 is 1.60 bits per heavy atom. The van der Waals surface area contributed by atoms with Gasteiger partial charge in [0.05, 0.1) is 11.5 Å². The first-order valence-electron chi connectivity index (χ1n) is 6.17. The SMILES string of the molecule is Cc1cc(Br)cc([N+](=O)[O-])c1OCC(=O)C1CCOC1. The Balaban J connectivity index is 2.12. The van der Waals surface area contributed by atoms with Gasteiger partial charge in [-0.3, -0.25) is 14.9 Å². The van der Waals surface area contributed by atoms with Gasteiger partial charge in [0.15, 0.2) is 5.78 Å². The van der Waals surface area contributed by atoms with E-state index in [0.29, 0.717) is 29.7 Å². The van der Waals surface area contributed by atoms with Crippen LogP contribution in [0.5, 0.6) is 5.75 Å². The van der Waals surface area contributed by atoms with Crippen molar-refractivity contribution in [3.63, 3.8) is 0 Å². The van der Waals surface area contributed by atoms with Crippen LogP contribution in [0.4, 0.5) is 5.69 Å². The van der Waals surface area contributed by atoms with E-state index < -0.39 is 4.92 Å². The maximum Gasteiger partial charge on any atom is 0.312 e. The summed E-state index contributed by atoms with van der Waals surface area (Å²) in [6, 6.07) is 3.08. The smallest absolute Gasteiger partial charge is 0.312 e. The minimum Gasteiger partial charge on any atom is -0.479 e. The number of carbonyl (C=O) groups is 1. The van der Waals surface area contributed by atoms with Crippen LogP contribution in [0.1, 0.15) is 12.0 Å². The molecule has 0 bridgehead atoms. The third-order valence-electron chi connectivity index (χ3n) is 3.16. The monoisotopic (exact) mass is 343 g/mol. The van der Waals surface area contributed by atoms with Crippen molar-refractivity contribution in [2.75, 3.05) is 19.8 Å². The first-order valence-corrected chi connectivity index (χ1v) is 6.96. The van der Waals surface area contributed by atoms with Crippen molar-refractivity contribution in [2.45, 2.75) is 13.3 Å². The molecule has 1 fully saturated rings. The van der Waals surface area contributed by atoms with Gasteiger partial charge in [-0.2, -0.15) is 0 Å². The van der Waals surface area contributed by atoms with Gasteiger partial charge in [-0.05, 0) is 25.0 Å². The Morgan fingerprint density at radius 2 is 2.35 bits per heavy atom. The Bertz CT molecular complexity index is 540. The van der Waals surface area contributed by atoms with Gasteiger partial charge in [0, 0.05) is 23.1 Å². The molecule has 1 aliphatic heterocycles. The summed E-state index contributed by atoms with van der Waals surface area (Å²) in [6.07, 6.45) is 0.684. The highest BCUT2D eigenvalue weighted by atomic mass is 79.9. The summed E-state index contributed by atoms with van der Waals surface area (Å²) < 4.78 is 11.1. The highest BCUT2D eigenvalue weighted by molar-refractivity contribution is 9.10. The molecular formula is C13H14BrNO5. The van der Waals surface area contributed by atoms with Gasteiger partial charge in [0.2, 0.25) is 5.75 Å². The fourth-order valence-corrected chi connectivity index (χ4v) is 2.65. The normalized spacial score (nSPS) is 18.0. The van der Waals surface area contributed by atoms with Crippen molar-refractivity contribution in [1.29, 1.82) is 0 Å². The molecule has 0 aliphatic carbocycles. The molecule has 6 nitrogen and oxygen atoms in total. The van der Waals surface area contributed by atoms with Crippen LogP contribution in [-0.4, -0.2) is 30.5 Å². The zero-order valence-electron chi connectivity index (χ0n) is 10.9. The molecule has 0 radical (unpaired) electrons. The third kappa shape index (κ3) is 3.34. The molecule has 108 valence electrons. The lowest BCUT2D eigenvalue weighted by Crippen LogP contribution is -2.22. The Hall–Kier alpha value is -1.47. The molecule has 1 unspecified atom stereocenters. The predicted molar refractivity (Wildman–Crippen MR) is 75.0 cm³/mol. The number of carbonyl (C=O) groups excluding carboxylic acids is 1. The van der Waals surface area contributed by atoms with E-state index in [4.69, 9.17) is 9.47 Å². The fourth-order valence-electron chi connectivity index (χ4n) is 2.09. The molecule has 0 N–H and O–H groups in total. The van der Waals surface area contributed by atoms with Crippen molar-refractivity contribution in [2.24, 2.45) is 5.92 Å². The Labute approximate surface area is 124 Å². The molecule has 1 aromatic rings. The molecule has 1 saturated heterocycles. The average Bonchev–Trinajstić information content (AvgIpc) is 2.90. The summed E-state index contributed by atoms with van der Waals surface area (Å²) in [7, 11) is 0. The van der Waals surface area contributed by atoms with Crippen LogP contribution >= 0.6 is 15.9 Å². The number of ketones is 1. The number of hydrogen-bond donors (Lipinski definition) is 0. The molecule has 0 amide bonds. The molecule has 1 aromatic carbocycles. The van der Waals surface area contributed by atoms with Gasteiger partial charge in [-0.1, -0.05) is 15.9 Å². The predicted octanol–water partition coefficient (Wildman–Crippen LogP) is 2.65. The van der Waals surface area contributed by atoms with E-state index in [1.807, 2.05) is 0 Å². The molecule has 1 aliphatic rings. The number of aryl methyl sites for hydroxylation is 1. The Kier molecular flexibility index (Phi) is 4.72. The maximum absolute atomic E-state index is 11.9. The molecule has 1 atom stereocenters. The quantitative estimate of drug-likeness (QED) is 0.606. The van der Waals surface area contributed by atoms with E-state index in [1.54, 1.807) is 13.0 Å². The second-order valence-corrected chi connectivity index (χ2v) is 5.56. The summed E-state index contributed by atoms with van der Waals surface area (Å²) >= 11 is 3.21. The van der Waals surface area contributed by atoms with E-state index in [0.717, 1.165) is 0 Å². The summed E-state index contributed by atoms with van der Waals surface area (Å²) in [4.78, 5) is 22.4. The molecular weight excluding hydrogens is 330 g/mol. The van der Waals surface area contributed by atoms with Gasteiger partial charge >= 0.3 is 5.69 Å². The van der Waals surface area contributed by atoms with Crippen LogP contribution in [0.2, 0.25) is 0 Å². The van der Waals surface area contributed by atoms with Gasteiger partial charge in [-0.15, -0.1) is 0 Å². The number of halogens is 1. The molecule has 0 aromatic heterocycles. The van der Waals surface area contributed by atoms with E-state index in [9.17, 15) is 14.9 Å². The van der Waals surface area contributed by atoms with Gasteiger partial charge in [-0.25, -0.2) is 0 Å². The van der Waals surface area contributed by atoms with Gasteiger partial charge in [0.25, 0.3) is 0 Å². The van der Waals surface area contributed by atoms with E-state index >= 15 is 0 Å². The summed E-state index contributed by atoms with van der Waals surface area (Å²) in [5.41, 5.74) is 0.467. The number of rotatable bonds is 5. The standard InChI is InChI=1S/C13H14BrNO5/c1-8-4-10(14)5-11(15(17)18)13(8)20-7-12(16)9-2-3-19-6-9/h4-5,9H,2-3,6-7H2,1H3. The van der Waals surface area contributed by atoms with Crippen molar-refractivity contribution in [1.82, 2.24) is 0 Å². The van der Waals surface area contributed by atoms with Crippen molar-refractivity contribution >= 4 is 27.4 Å². The second-order valence-electron chi connectivity index (χ2n) is 4.64. The van der Waals surface area contributed by atoms with E-state index in [1.165, 1.54) is 6.07 Å². The highest BCUT2D eigenvalue weighted by Gasteiger charge is 2.25. The molecule has 20 heavy (non-hydrogen) atoms. The number of ether oxygens (including phenoxy) is 2. The Morgan fingerprint density at radius 3 is 2.95 bits per heavy atom. The summed E-state index contributed by atoms with van der Waals surface area (Å²) in [5, 5.41) is 11.0. The largest absolute Gasteiger partial charge is 0.479 e. The second kappa shape index (κ2) is 6.32. The highest BCUT2D eigenvalue weighted by Crippen LogP contribution is 2.34. The molecule has 0 spiro atoms. The molecule has 7 heteroatoms. The van der Waals surface area contributed by atoms with Crippen LogP contribution in [0.25, 0.3) is 0 Å². The van der Waals surface area contributed by atoms with Crippen LogP contribution < -0.4 is 4.74 Å². The fraction of sp³-hybridized carbons (Fsp3) is 0.462. The zero-order chi connectivity index (χ0) is 14.7. The number of Topliss-reactive ketones (excluding diaryl/α,β-unsaturated/α-hetero) is 1. The summed E-state index contributed by atoms with van der Waals surface area (Å²) in [6.45, 7) is 2.52. The molecule has 2 rings (SSSR count). The minimum atomic E-state index is -0.518. The van der Waals surface area contributed by atoms with Crippen LogP contribution in [0, 0.1) is 23.0 Å². The third-order valence-corrected chi connectivity index (χ3v) is 3.62. The minimum absolute atomic E-state index is 0.0842. The van der Waals surface area contributed by atoms with Gasteiger partial charge < -0.3 is 9.47 Å². The van der Waals surface area contributed by atoms with Crippen molar-refractivity contribution in [3.8, 4) is 5.75 Å². The maximum atomic E-state index is 11.9. The number of nitro groups is 1. The van der Waals surface area contributed by atoms with Crippen LogP contribution in [0.3, 0.4) is 0 Å². The van der Waals surface area contributed by atoms with Crippen LogP contribution in [-0.2, 0) is 9.53 Å². The first kappa shape index (κ1) is 14.9. The average molecular weight is 344 g/mol.